The maximum atomic E-state index is 5.42. The van der Waals surface area contributed by atoms with Crippen LogP contribution in [0, 0.1) is 0 Å². The fourth-order valence-corrected chi connectivity index (χ4v) is 1.56. The van der Waals surface area contributed by atoms with Crippen molar-refractivity contribution >= 4 is 0 Å². The summed E-state index contributed by atoms with van der Waals surface area (Å²) in [4.78, 5) is 0. The van der Waals surface area contributed by atoms with E-state index >= 15 is 0 Å². The second-order valence-electron chi connectivity index (χ2n) is 4.09. The minimum Gasteiger partial charge on any atom is -0.378 e. The van der Waals surface area contributed by atoms with Crippen LogP contribution >= 0.6 is 0 Å². The highest BCUT2D eigenvalue weighted by Gasteiger charge is 1.94. The summed E-state index contributed by atoms with van der Waals surface area (Å²) in [6, 6.07) is 0. The molecule has 0 saturated carbocycles. The Kier molecular flexibility index (Phi) is 11.6. The molecule has 3 N–H and O–H groups in total. The van der Waals surface area contributed by atoms with E-state index < -0.39 is 0 Å². The topological polar surface area (TPSA) is 63.8 Å². The molecule has 6 nitrogen and oxygen atoms in total. The van der Waals surface area contributed by atoms with E-state index in [-0.39, 0.29) is 0 Å². The Bertz CT molecular complexity index is 97.6. The number of rotatable bonds is 0. The average Bonchev–Trinajstić information content (AvgIpc) is 2.39. The summed E-state index contributed by atoms with van der Waals surface area (Å²) in [6.45, 7) is 9.78. The van der Waals surface area contributed by atoms with Crippen molar-refractivity contribution in [3.63, 3.8) is 0 Å². The smallest absolute Gasteiger partial charge is 0.0701 e. The summed E-state index contributed by atoms with van der Waals surface area (Å²) in [5, 5.41) is 10.0. The first-order chi connectivity index (χ1) is 9.00. The van der Waals surface area contributed by atoms with Crippen LogP contribution in [0.15, 0.2) is 0 Å². The standard InChI is InChI=1S/C12H27N3O3/c1-3-14-5-7-16-9-11-18-12-10-17-8-6-15-4-2-13-1/h13-15H,1-12H2. The second kappa shape index (κ2) is 13.2. The second-order valence-corrected chi connectivity index (χ2v) is 4.09. The van der Waals surface area contributed by atoms with Gasteiger partial charge in [0.1, 0.15) is 0 Å². The summed E-state index contributed by atoms with van der Waals surface area (Å²) in [5.74, 6) is 0. The van der Waals surface area contributed by atoms with Crippen LogP contribution in [-0.4, -0.2) is 78.9 Å². The van der Waals surface area contributed by atoms with Crippen LogP contribution < -0.4 is 16.0 Å². The van der Waals surface area contributed by atoms with E-state index in [1.54, 1.807) is 0 Å². The Morgan fingerprint density at radius 2 is 0.722 bits per heavy atom. The van der Waals surface area contributed by atoms with Gasteiger partial charge in [0.2, 0.25) is 0 Å². The zero-order chi connectivity index (χ0) is 12.7. The third-order valence-electron chi connectivity index (χ3n) is 2.55. The molecule has 1 aliphatic rings. The van der Waals surface area contributed by atoms with Crippen molar-refractivity contribution < 1.29 is 14.2 Å². The molecule has 0 aromatic carbocycles. The van der Waals surface area contributed by atoms with Gasteiger partial charge in [-0.3, -0.25) is 0 Å². The Morgan fingerprint density at radius 3 is 1.17 bits per heavy atom. The van der Waals surface area contributed by atoms with Crippen LogP contribution in [0.4, 0.5) is 0 Å². The van der Waals surface area contributed by atoms with Gasteiger partial charge in [0.25, 0.3) is 0 Å². The predicted molar refractivity (Wildman–Crippen MR) is 71.1 cm³/mol. The lowest BCUT2D eigenvalue weighted by Crippen LogP contribution is -2.34. The highest BCUT2D eigenvalue weighted by molar-refractivity contribution is 4.54. The van der Waals surface area contributed by atoms with Crippen molar-refractivity contribution in [1.82, 2.24) is 16.0 Å². The van der Waals surface area contributed by atoms with Crippen LogP contribution in [0.3, 0.4) is 0 Å². The summed E-state index contributed by atoms with van der Waals surface area (Å²) in [7, 11) is 0. The van der Waals surface area contributed by atoms with Crippen LogP contribution in [0.2, 0.25) is 0 Å². The Labute approximate surface area is 110 Å². The van der Waals surface area contributed by atoms with Gasteiger partial charge in [-0.15, -0.1) is 0 Å². The molecule has 0 unspecified atom stereocenters. The van der Waals surface area contributed by atoms with Gasteiger partial charge >= 0.3 is 0 Å². The lowest BCUT2D eigenvalue weighted by Gasteiger charge is -2.10. The largest absolute Gasteiger partial charge is 0.378 e. The van der Waals surface area contributed by atoms with E-state index in [0.717, 1.165) is 52.5 Å². The number of hydrogen-bond donors (Lipinski definition) is 3. The van der Waals surface area contributed by atoms with Crippen LogP contribution in [-0.2, 0) is 14.2 Å². The van der Waals surface area contributed by atoms with Crippen LogP contribution in [0.25, 0.3) is 0 Å². The molecule has 0 amide bonds. The van der Waals surface area contributed by atoms with E-state index in [4.69, 9.17) is 14.2 Å². The lowest BCUT2D eigenvalue weighted by molar-refractivity contribution is 0.0157. The van der Waals surface area contributed by atoms with Gasteiger partial charge in [-0.05, 0) is 0 Å². The van der Waals surface area contributed by atoms with E-state index in [1.165, 1.54) is 0 Å². The number of ether oxygens (including phenoxy) is 3. The lowest BCUT2D eigenvalue weighted by atomic mass is 10.5. The fraction of sp³-hybridized carbons (Fsp3) is 1.00. The summed E-state index contributed by atoms with van der Waals surface area (Å²) in [6.07, 6.45) is 0. The van der Waals surface area contributed by atoms with Crippen molar-refractivity contribution in [2.24, 2.45) is 0 Å². The van der Waals surface area contributed by atoms with E-state index in [0.29, 0.717) is 26.4 Å². The first kappa shape index (κ1) is 15.8. The minimum absolute atomic E-state index is 0.642. The molecule has 0 spiro atoms. The quantitative estimate of drug-likeness (QED) is 0.510. The molecular formula is C12H27N3O3. The van der Waals surface area contributed by atoms with Gasteiger partial charge in [0, 0.05) is 39.3 Å². The van der Waals surface area contributed by atoms with Crippen molar-refractivity contribution in [3.05, 3.63) is 0 Å². The molecule has 1 rings (SSSR count). The number of nitrogens with one attached hydrogen (secondary N) is 3. The van der Waals surface area contributed by atoms with E-state index in [1.807, 2.05) is 0 Å². The zero-order valence-electron chi connectivity index (χ0n) is 11.2. The van der Waals surface area contributed by atoms with Crippen molar-refractivity contribution in [2.45, 2.75) is 0 Å². The van der Waals surface area contributed by atoms with Gasteiger partial charge in [0.05, 0.1) is 39.6 Å². The molecule has 0 bridgehead atoms. The molecule has 1 heterocycles. The normalized spacial score (nSPS) is 24.0. The van der Waals surface area contributed by atoms with Gasteiger partial charge in [-0.25, -0.2) is 0 Å². The van der Waals surface area contributed by atoms with Crippen molar-refractivity contribution in [1.29, 1.82) is 0 Å². The van der Waals surface area contributed by atoms with Crippen LogP contribution in [0.5, 0.6) is 0 Å². The molecule has 1 fully saturated rings. The molecule has 0 aromatic heterocycles. The summed E-state index contributed by atoms with van der Waals surface area (Å²) >= 11 is 0. The third-order valence-corrected chi connectivity index (χ3v) is 2.55. The Morgan fingerprint density at radius 1 is 0.389 bits per heavy atom. The molecule has 0 aromatic rings. The monoisotopic (exact) mass is 261 g/mol. The zero-order valence-corrected chi connectivity index (χ0v) is 11.2. The van der Waals surface area contributed by atoms with Gasteiger partial charge in [0.15, 0.2) is 0 Å². The molecule has 108 valence electrons. The molecule has 6 heteroatoms. The maximum absolute atomic E-state index is 5.42. The van der Waals surface area contributed by atoms with E-state index in [9.17, 15) is 0 Å². The van der Waals surface area contributed by atoms with E-state index in [2.05, 4.69) is 16.0 Å². The maximum Gasteiger partial charge on any atom is 0.0701 e. The van der Waals surface area contributed by atoms with Crippen molar-refractivity contribution in [2.75, 3.05) is 78.9 Å². The molecule has 18 heavy (non-hydrogen) atoms. The molecule has 1 aliphatic heterocycles. The third kappa shape index (κ3) is 10.9. The Hall–Kier alpha value is -0.240. The highest BCUT2D eigenvalue weighted by atomic mass is 16.5. The SMILES string of the molecule is C1CNCCOCCOCCOCCNCCN1. The molecule has 0 atom stereocenters. The fourth-order valence-electron chi connectivity index (χ4n) is 1.56. The summed E-state index contributed by atoms with van der Waals surface area (Å²) < 4.78 is 16.2. The first-order valence-electron chi connectivity index (χ1n) is 6.85. The highest BCUT2D eigenvalue weighted by Crippen LogP contribution is 1.81. The molecule has 0 radical (unpaired) electrons. The van der Waals surface area contributed by atoms with Gasteiger partial charge in [-0.1, -0.05) is 0 Å². The van der Waals surface area contributed by atoms with Gasteiger partial charge in [-0.2, -0.15) is 0 Å². The van der Waals surface area contributed by atoms with Gasteiger partial charge < -0.3 is 30.2 Å². The number of hydrogen-bond acceptors (Lipinski definition) is 6. The molecule has 0 aliphatic carbocycles. The average molecular weight is 261 g/mol. The van der Waals surface area contributed by atoms with Crippen molar-refractivity contribution in [3.8, 4) is 0 Å². The first-order valence-corrected chi connectivity index (χ1v) is 6.85. The molecule has 1 saturated heterocycles. The minimum atomic E-state index is 0.642. The van der Waals surface area contributed by atoms with Crippen LogP contribution in [0.1, 0.15) is 0 Å². The Balaban J connectivity index is 2.00. The predicted octanol–water partition coefficient (Wildman–Crippen LogP) is -1.18. The summed E-state index contributed by atoms with van der Waals surface area (Å²) in [5.41, 5.74) is 0. The molecular weight excluding hydrogens is 234 g/mol.